The van der Waals surface area contributed by atoms with Crippen LogP contribution < -0.4 is 10.5 Å². The van der Waals surface area contributed by atoms with E-state index < -0.39 is 0 Å². The van der Waals surface area contributed by atoms with Gasteiger partial charge in [0.2, 0.25) is 0 Å². The number of aryl methyl sites for hydroxylation is 1. The van der Waals surface area contributed by atoms with Gasteiger partial charge in [-0.3, -0.25) is 0 Å². The third-order valence-corrected chi connectivity index (χ3v) is 6.31. The zero-order chi connectivity index (χ0) is 23.6. The van der Waals surface area contributed by atoms with Gasteiger partial charge in [0.05, 0.1) is 6.61 Å². The first-order valence-corrected chi connectivity index (χ1v) is 13.5. The van der Waals surface area contributed by atoms with E-state index in [1.54, 1.807) is 5.57 Å². The minimum Gasteiger partial charge on any atom is -0.494 e. The molecule has 0 saturated heterocycles. The lowest BCUT2D eigenvalue weighted by Crippen LogP contribution is -1.97. The Morgan fingerprint density at radius 3 is 2.00 bits per heavy atom. The highest BCUT2D eigenvalue weighted by Crippen LogP contribution is 2.22. The number of nitrogen functional groups attached to an aromatic ring is 1. The fourth-order valence-electron chi connectivity index (χ4n) is 4.22. The summed E-state index contributed by atoms with van der Waals surface area (Å²) in [6.45, 7) is 5.37. The second kappa shape index (κ2) is 17.3. The Bertz CT molecular complexity index is 761. The number of benzene rings is 2. The largest absolute Gasteiger partial charge is 0.494 e. The van der Waals surface area contributed by atoms with Crippen molar-refractivity contribution in [3.05, 3.63) is 65.2 Å². The Morgan fingerprint density at radius 2 is 1.30 bits per heavy atom. The van der Waals surface area contributed by atoms with Crippen molar-refractivity contribution in [1.29, 1.82) is 0 Å². The average molecular weight is 450 g/mol. The fourth-order valence-corrected chi connectivity index (χ4v) is 4.22. The number of anilines is 1. The van der Waals surface area contributed by atoms with Gasteiger partial charge in [0.15, 0.2) is 0 Å². The number of rotatable bonds is 18. The van der Waals surface area contributed by atoms with Gasteiger partial charge >= 0.3 is 0 Å². The van der Waals surface area contributed by atoms with Gasteiger partial charge < -0.3 is 10.5 Å². The second-order valence-corrected chi connectivity index (χ2v) is 9.39. The van der Waals surface area contributed by atoms with Crippen molar-refractivity contribution in [2.24, 2.45) is 0 Å². The Morgan fingerprint density at radius 1 is 0.697 bits per heavy atom. The molecule has 182 valence electrons. The van der Waals surface area contributed by atoms with Gasteiger partial charge in [0.25, 0.3) is 0 Å². The molecule has 0 aromatic heterocycles. The normalized spacial score (nSPS) is 11.6. The van der Waals surface area contributed by atoms with Gasteiger partial charge in [-0.1, -0.05) is 101 Å². The minimum absolute atomic E-state index is 0.830. The van der Waals surface area contributed by atoms with E-state index in [9.17, 15) is 0 Å². The number of hydrogen-bond donors (Lipinski definition) is 1. The highest BCUT2D eigenvalue weighted by Gasteiger charge is 2.02. The average Bonchev–Trinajstić information content (AvgIpc) is 2.83. The smallest absolute Gasteiger partial charge is 0.119 e. The molecule has 0 amide bonds. The summed E-state index contributed by atoms with van der Waals surface area (Å²) in [6.07, 6.45) is 20.1. The van der Waals surface area contributed by atoms with Crippen molar-refractivity contribution in [1.82, 2.24) is 0 Å². The van der Waals surface area contributed by atoms with E-state index in [1.165, 1.54) is 81.8 Å². The molecule has 0 aliphatic carbocycles. The van der Waals surface area contributed by atoms with Gasteiger partial charge in [-0.15, -0.1) is 0 Å². The van der Waals surface area contributed by atoms with Crippen LogP contribution in [0.3, 0.4) is 0 Å². The lowest BCUT2D eigenvalue weighted by atomic mass is 9.97. The van der Waals surface area contributed by atoms with Crippen LogP contribution in [0.5, 0.6) is 5.75 Å². The summed E-state index contributed by atoms with van der Waals surface area (Å²) in [5.41, 5.74) is 10.9. The summed E-state index contributed by atoms with van der Waals surface area (Å²) in [5, 5.41) is 0. The maximum absolute atomic E-state index is 5.97. The minimum atomic E-state index is 0.830. The Labute approximate surface area is 203 Å². The quantitative estimate of drug-likeness (QED) is 0.182. The van der Waals surface area contributed by atoms with Gasteiger partial charge in [-0.2, -0.15) is 0 Å². The van der Waals surface area contributed by atoms with Crippen LogP contribution in [0.25, 0.3) is 6.08 Å². The first kappa shape index (κ1) is 27.0. The molecule has 0 bridgehead atoms. The molecule has 2 N–H and O–H groups in total. The fraction of sp³-hybridized carbons (Fsp3) is 0.548. The van der Waals surface area contributed by atoms with Crippen molar-refractivity contribution >= 4 is 11.8 Å². The van der Waals surface area contributed by atoms with E-state index in [1.807, 2.05) is 12.1 Å². The van der Waals surface area contributed by atoms with Gasteiger partial charge in [0.1, 0.15) is 5.75 Å². The summed E-state index contributed by atoms with van der Waals surface area (Å²) in [5.74, 6) is 0.994. The molecular weight excluding hydrogens is 402 g/mol. The molecule has 0 heterocycles. The van der Waals surface area contributed by atoms with Crippen molar-refractivity contribution < 1.29 is 4.74 Å². The number of ether oxygens (including phenoxy) is 1. The van der Waals surface area contributed by atoms with Gasteiger partial charge in [-0.05, 0) is 73.9 Å². The molecule has 2 heteroatoms. The van der Waals surface area contributed by atoms with E-state index >= 15 is 0 Å². The summed E-state index contributed by atoms with van der Waals surface area (Å²) in [7, 11) is 0. The Hall–Kier alpha value is -2.22. The lowest BCUT2D eigenvalue weighted by Gasteiger charge is -2.10. The maximum atomic E-state index is 5.97. The molecule has 33 heavy (non-hydrogen) atoms. The van der Waals surface area contributed by atoms with Gasteiger partial charge in [-0.25, -0.2) is 0 Å². The maximum Gasteiger partial charge on any atom is 0.119 e. The lowest BCUT2D eigenvalue weighted by molar-refractivity contribution is 0.304. The van der Waals surface area contributed by atoms with Crippen LogP contribution in [0.4, 0.5) is 5.69 Å². The topological polar surface area (TPSA) is 35.2 Å². The Kier molecular flexibility index (Phi) is 14.2. The van der Waals surface area contributed by atoms with Crippen LogP contribution in [0, 0.1) is 0 Å². The summed E-state index contributed by atoms with van der Waals surface area (Å²) >= 11 is 0. The zero-order valence-corrected chi connectivity index (χ0v) is 21.3. The molecule has 0 spiro atoms. The molecule has 0 aliphatic heterocycles. The molecule has 2 rings (SSSR count). The van der Waals surface area contributed by atoms with Gasteiger partial charge in [0, 0.05) is 5.69 Å². The van der Waals surface area contributed by atoms with Crippen LogP contribution >= 0.6 is 0 Å². The summed E-state index contributed by atoms with van der Waals surface area (Å²) in [4.78, 5) is 0. The third-order valence-electron chi connectivity index (χ3n) is 6.31. The highest BCUT2D eigenvalue weighted by atomic mass is 16.5. The summed E-state index contributed by atoms with van der Waals surface area (Å²) < 4.78 is 5.97. The number of allylic oxidation sites excluding steroid dienone is 1. The van der Waals surface area contributed by atoms with E-state index in [2.05, 4.69) is 56.3 Å². The molecule has 2 aromatic rings. The zero-order valence-electron chi connectivity index (χ0n) is 21.3. The highest BCUT2D eigenvalue weighted by molar-refractivity contribution is 5.54. The first-order valence-electron chi connectivity index (χ1n) is 13.5. The molecule has 2 nitrogen and oxygen atoms in total. The molecule has 0 atom stereocenters. The van der Waals surface area contributed by atoms with Crippen molar-refractivity contribution in [3.8, 4) is 5.75 Å². The standard InChI is InChI=1S/C31H47NO/c1-3-5-7-8-9-10-12-25-33-31-23-19-29(20-24-31)26-28(14-11-6-4-2)16-13-15-27-17-21-30(32)22-18-27/h17-24,26H,3-16,25,32H2,1-2H3/b28-26+. The van der Waals surface area contributed by atoms with E-state index in [0.29, 0.717) is 0 Å². The van der Waals surface area contributed by atoms with Crippen LogP contribution in [-0.4, -0.2) is 6.61 Å². The number of hydrogen-bond acceptors (Lipinski definition) is 2. The molecule has 0 fully saturated rings. The van der Waals surface area contributed by atoms with E-state index in [4.69, 9.17) is 10.5 Å². The van der Waals surface area contributed by atoms with Crippen LogP contribution in [0.1, 0.15) is 108 Å². The molecule has 2 aromatic carbocycles. The third kappa shape index (κ3) is 12.6. The number of unbranched alkanes of at least 4 members (excludes halogenated alkanes) is 8. The summed E-state index contributed by atoms with van der Waals surface area (Å²) in [6, 6.07) is 17.0. The molecule has 0 unspecified atom stereocenters. The number of nitrogens with two attached hydrogens (primary N) is 1. The van der Waals surface area contributed by atoms with Crippen LogP contribution in [0.15, 0.2) is 54.1 Å². The van der Waals surface area contributed by atoms with Crippen molar-refractivity contribution in [2.75, 3.05) is 12.3 Å². The molecule has 0 saturated carbocycles. The van der Waals surface area contributed by atoms with E-state index in [0.717, 1.165) is 37.3 Å². The van der Waals surface area contributed by atoms with Crippen molar-refractivity contribution in [3.63, 3.8) is 0 Å². The molecule has 0 aliphatic rings. The monoisotopic (exact) mass is 449 g/mol. The SMILES string of the molecule is CCCCCCCCCOc1ccc(/C=C(\CCCCC)CCCc2ccc(N)cc2)cc1. The predicted octanol–water partition coefficient (Wildman–Crippen LogP) is 9.38. The first-order chi connectivity index (χ1) is 16.2. The van der Waals surface area contributed by atoms with Crippen LogP contribution in [-0.2, 0) is 6.42 Å². The Balaban J connectivity index is 1.78. The van der Waals surface area contributed by atoms with E-state index in [-0.39, 0.29) is 0 Å². The molecular formula is C31H47NO. The molecule has 0 radical (unpaired) electrons. The van der Waals surface area contributed by atoms with Crippen LogP contribution in [0.2, 0.25) is 0 Å². The predicted molar refractivity (Wildman–Crippen MR) is 146 cm³/mol. The van der Waals surface area contributed by atoms with Crippen molar-refractivity contribution in [2.45, 2.75) is 104 Å². The second-order valence-electron chi connectivity index (χ2n) is 9.39.